The van der Waals surface area contributed by atoms with Crippen LogP contribution in [0.3, 0.4) is 0 Å². The molecule has 1 aliphatic heterocycles. The van der Waals surface area contributed by atoms with Gasteiger partial charge in [-0.05, 0) is 31.0 Å². The molecule has 0 bridgehead atoms. The number of nitro benzene ring substituents is 1. The Kier molecular flexibility index (Phi) is 7.18. The van der Waals surface area contributed by atoms with Gasteiger partial charge in [0.15, 0.2) is 0 Å². The number of nitriles is 1. The van der Waals surface area contributed by atoms with Crippen LogP contribution in [0.5, 0.6) is 0 Å². The first kappa shape index (κ1) is 22.9. The van der Waals surface area contributed by atoms with Crippen LogP contribution in [0.15, 0.2) is 76.2 Å². The average Bonchev–Trinajstić information content (AvgIpc) is 2.78. The van der Waals surface area contributed by atoms with E-state index in [0.29, 0.717) is 16.2 Å². The Morgan fingerprint density at radius 1 is 1.31 bits per heavy atom. The molecule has 32 heavy (non-hydrogen) atoms. The third-order valence-electron chi connectivity index (χ3n) is 4.85. The Hall–Kier alpha value is -3.77. The van der Waals surface area contributed by atoms with Gasteiger partial charge in [0.05, 0.1) is 27.9 Å². The summed E-state index contributed by atoms with van der Waals surface area (Å²) in [6, 6.07) is 16.2. The summed E-state index contributed by atoms with van der Waals surface area (Å²) in [5.74, 6) is -0.995. The van der Waals surface area contributed by atoms with Crippen molar-refractivity contribution in [3.63, 3.8) is 0 Å². The van der Waals surface area contributed by atoms with Crippen molar-refractivity contribution < 1.29 is 19.2 Å². The number of nitrogens with two attached hydrogens (primary N) is 1. The number of carbonyl (C=O) groups excluding carboxylic acids is 1. The fraction of sp³-hybridized carbons (Fsp3) is 0.217. The van der Waals surface area contributed by atoms with E-state index in [1.807, 2.05) is 36.4 Å². The Bertz CT molecular complexity index is 1150. The number of allylic oxidation sites excluding steroid dienone is 2. The van der Waals surface area contributed by atoms with Crippen LogP contribution < -0.4 is 5.73 Å². The fourth-order valence-electron chi connectivity index (χ4n) is 3.40. The monoisotopic (exact) mass is 451 g/mol. The van der Waals surface area contributed by atoms with Gasteiger partial charge in [0.1, 0.15) is 17.4 Å². The molecule has 0 spiro atoms. The Morgan fingerprint density at radius 3 is 2.66 bits per heavy atom. The van der Waals surface area contributed by atoms with E-state index in [0.717, 1.165) is 5.56 Å². The summed E-state index contributed by atoms with van der Waals surface area (Å²) in [4.78, 5) is 24.5. The highest BCUT2D eigenvalue weighted by Crippen LogP contribution is 2.42. The second-order valence-corrected chi connectivity index (χ2v) is 7.89. The van der Waals surface area contributed by atoms with Crippen molar-refractivity contribution in [1.82, 2.24) is 0 Å². The van der Waals surface area contributed by atoms with Crippen molar-refractivity contribution in [3.05, 3.63) is 92.6 Å². The number of benzene rings is 2. The molecule has 1 aliphatic rings. The average molecular weight is 452 g/mol. The molecule has 0 saturated heterocycles. The summed E-state index contributed by atoms with van der Waals surface area (Å²) in [7, 11) is 0. The zero-order valence-electron chi connectivity index (χ0n) is 17.5. The predicted molar refractivity (Wildman–Crippen MR) is 119 cm³/mol. The van der Waals surface area contributed by atoms with Crippen molar-refractivity contribution >= 4 is 23.4 Å². The van der Waals surface area contributed by atoms with Crippen molar-refractivity contribution in [3.8, 4) is 6.07 Å². The van der Waals surface area contributed by atoms with Crippen LogP contribution in [-0.2, 0) is 20.0 Å². The molecule has 0 aliphatic carbocycles. The second kappa shape index (κ2) is 10.0. The predicted octanol–water partition coefficient (Wildman–Crippen LogP) is 4.53. The van der Waals surface area contributed by atoms with Gasteiger partial charge in [-0.2, -0.15) is 5.26 Å². The Morgan fingerprint density at radius 2 is 2.03 bits per heavy atom. The quantitative estimate of drug-likeness (QED) is 0.281. The van der Waals surface area contributed by atoms with E-state index in [1.54, 1.807) is 26.0 Å². The molecular formula is C23H21N3O5S. The molecule has 8 nitrogen and oxygen atoms in total. The lowest BCUT2D eigenvalue weighted by molar-refractivity contribution is -0.387. The molecule has 0 saturated carbocycles. The Labute approximate surface area is 189 Å². The molecule has 0 aromatic heterocycles. The summed E-state index contributed by atoms with van der Waals surface area (Å²) in [5.41, 5.74) is 7.28. The van der Waals surface area contributed by atoms with Crippen LogP contribution >= 0.6 is 11.8 Å². The van der Waals surface area contributed by atoms with Crippen LogP contribution in [0, 0.1) is 21.4 Å². The van der Waals surface area contributed by atoms with E-state index < -0.39 is 16.8 Å². The van der Waals surface area contributed by atoms with Crippen molar-refractivity contribution in [2.45, 2.75) is 30.4 Å². The van der Waals surface area contributed by atoms with Crippen LogP contribution in [0.1, 0.15) is 30.9 Å². The maximum atomic E-state index is 12.6. The lowest BCUT2D eigenvalue weighted by Crippen LogP contribution is -2.25. The van der Waals surface area contributed by atoms with Gasteiger partial charge >= 0.3 is 5.97 Å². The minimum absolute atomic E-state index is 0.00219. The van der Waals surface area contributed by atoms with Crippen LogP contribution in [-0.4, -0.2) is 17.5 Å². The molecule has 0 amide bonds. The number of nitrogens with zero attached hydrogens (tertiary/aromatic N) is 2. The van der Waals surface area contributed by atoms with Crippen molar-refractivity contribution in [1.29, 1.82) is 5.26 Å². The van der Waals surface area contributed by atoms with Gasteiger partial charge in [-0.1, -0.05) is 36.4 Å². The highest BCUT2D eigenvalue weighted by molar-refractivity contribution is 7.98. The number of hydrogen-bond acceptors (Lipinski definition) is 8. The number of esters is 1. The SMILES string of the molecule is CCOC(=O)C1=C(C)OC(N)=C(C#N)C1c1ccc(SCc2ccccc2)c([N+](=O)[O-])c1. The van der Waals surface area contributed by atoms with Gasteiger partial charge in [0.25, 0.3) is 5.69 Å². The number of hydrogen-bond donors (Lipinski definition) is 1. The molecule has 2 aromatic rings. The van der Waals surface area contributed by atoms with E-state index in [4.69, 9.17) is 15.2 Å². The third kappa shape index (κ3) is 4.76. The Balaban J connectivity index is 2.04. The van der Waals surface area contributed by atoms with E-state index in [1.165, 1.54) is 17.8 Å². The van der Waals surface area contributed by atoms with Crippen LogP contribution in [0.4, 0.5) is 5.69 Å². The molecule has 0 radical (unpaired) electrons. The van der Waals surface area contributed by atoms with Gasteiger partial charge in [0.2, 0.25) is 5.88 Å². The lowest BCUT2D eigenvalue weighted by Gasteiger charge is -2.26. The minimum Gasteiger partial charge on any atom is -0.463 e. The van der Waals surface area contributed by atoms with Crippen LogP contribution in [0.25, 0.3) is 0 Å². The van der Waals surface area contributed by atoms with Gasteiger partial charge in [-0.25, -0.2) is 4.79 Å². The van der Waals surface area contributed by atoms with Crippen molar-refractivity contribution in [2.24, 2.45) is 5.73 Å². The minimum atomic E-state index is -0.931. The number of ether oxygens (including phenoxy) is 2. The maximum absolute atomic E-state index is 12.6. The summed E-state index contributed by atoms with van der Waals surface area (Å²) in [6.07, 6.45) is 0. The molecule has 1 heterocycles. The molecule has 2 aromatic carbocycles. The first-order valence-corrected chi connectivity index (χ1v) is 10.8. The smallest absolute Gasteiger partial charge is 0.338 e. The summed E-state index contributed by atoms with van der Waals surface area (Å²) >= 11 is 1.33. The van der Waals surface area contributed by atoms with Gasteiger partial charge in [-0.3, -0.25) is 10.1 Å². The van der Waals surface area contributed by atoms with Gasteiger partial charge in [0, 0.05) is 11.8 Å². The van der Waals surface area contributed by atoms with Crippen LogP contribution in [0.2, 0.25) is 0 Å². The second-order valence-electron chi connectivity index (χ2n) is 6.87. The van der Waals surface area contributed by atoms with E-state index in [2.05, 4.69) is 0 Å². The molecule has 2 N–H and O–H groups in total. The molecule has 1 atom stereocenters. The molecule has 164 valence electrons. The first-order chi connectivity index (χ1) is 15.4. The van der Waals surface area contributed by atoms with Gasteiger partial charge < -0.3 is 15.2 Å². The van der Waals surface area contributed by atoms with E-state index in [-0.39, 0.29) is 35.1 Å². The van der Waals surface area contributed by atoms with Crippen molar-refractivity contribution in [2.75, 3.05) is 6.61 Å². The number of thioether (sulfide) groups is 1. The first-order valence-electron chi connectivity index (χ1n) is 9.77. The highest BCUT2D eigenvalue weighted by Gasteiger charge is 2.37. The number of nitro groups is 1. The number of rotatable bonds is 7. The lowest BCUT2D eigenvalue weighted by atomic mass is 9.83. The zero-order valence-corrected chi connectivity index (χ0v) is 18.3. The number of carbonyl (C=O) groups is 1. The largest absolute Gasteiger partial charge is 0.463 e. The molecule has 3 rings (SSSR count). The standard InChI is InChI=1S/C23H21N3O5S/c1-3-30-23(27)20-14(2)31-22(25)17(12-24)21(20)16-9-10-19(18(11-16)26(28)29)32-13-15-7-5-4-6-8-15/h4-11,21H,3,13,25H2,1-2H3. The topological polar surface area (TPSA) is 128 Å². The van der Waals surface area contributed by atoms with E-state index >= 15 is 0 Å². The summed E-state index contributed by atoms with van der Waals surface area (Å²) < 4.78 is 10.5. The molecule has 0 fully saturated rings. The summed E-state index contributed by atoms with van der Waals surface area (Å²) in [6.45, 7) is 3.32. The highest BCUT2D eigenvalue weighted by atomic mass is 32.2. The summed E-state index contributed by atoms with van der Waals surface area (Å²) in [5, 5.41) is 21.5. The molecular weight excluding hydrogens is 430 g/mol. The molecule has 1 unspecified atom stereocenters. The zero-order chi connectivity index (χ0) is 23.3. The molecule has 9 heteroatoms. The normalized spacial score (nSPS) is 15.7. The van der Waals surface area contributed by atoms with E-state index in [9.17, 15) is 20.2 Å². The fourth-order valence-corrected chi connectivity index (χ4v) is 4.36. The maximum Gasteiger partial charge on any atom is 0.338 e. The third-order valence-corrected chi connectivity index (χ3v) is 5.99. The van der Waals surface area contributed by atoms with Gasteiger partial charge in [-0.15, -0.1) is 11.8 Å².